The number of nitrogens with zero attached hydrogens (tertiary/aromatic N) is 1. The topological polar surface area (TPSA) is 59.1 Å². The highest BCUT2D eigenvalue weighted by Crippen LogP contribution is 2.28. The largest absolute Gasteiger partial charge is 0.241 e. The van der Waals surface area contributed by atoms with Gasteiger partial charge in [0, 0.05) is 17.0 Å². The molecule has 1 N–H and O–H groups in total. The second-order valence-electron chi connectivity index (χ2n) is 5.99. The summed E-state index contributed by atoms with van der Waals surface area (Å²) in [5.74, 6) is 0. The van der Waals surface area contributed by atoms with Crippen LogP contribution in [0.2, 0.25) is 0 Å². The lowest BCUT2D eigenvalue weighted by atomic mass is 10.2. The van der Waals surface area contributed by atoms with E-state index in [0.717, 1.165) is 32.3 Å². The van der Waals surface area contributed by atoms with Gasteiger partial charge in [-0.15, -0.1) is 11.3 Å². The zero-order valence-electron chi connectivity index (χ0n) is 14.4. The first-order chi connectivity index (χ1) is 11.9. The molecule has 2 aromatic carbocycles. The van der Waals surface area contributed by atoms with Crippen LogP contribution < -0.4 is 4.72 Å². The van der Waals surface area contributed by atoms with E-state index in [-0.39, 0.29) is 6.54 Å². The Hall–Kier alpha value is -2.02. The van der Waals surface area contributed by atoms with Crippen molar-refractivity contribution in [1.29, 1.82) is 0 Å². The van der Waals surface area contributed by atoms with Gasteiger partial charge in [0.2, 0.25) is 10.0 Å². The Labute approximate surface area is 152 Å². The summed E-state index contributed by atoms with van der Waals surface area (Å²) in [6, 6.07) is 15.3. The molecule has 1 heterocycles. The van der Waals surface area contributed by atoms with Crippen LogP contribution in [-0.2, 0) is 16.6 Å². The molecular formula is C19H20N2O2S2. The van der Waals surface area contributed by atoms with Crippen LogP contribution in [0.25, 0.3) is 10.6 Å². The Morgan fingerprint density at radius 1 is 1.04 bits per heavy atom. The highest BCUT2D eigenvalue weighted by Gasteiger charge is 2.18. The molecule has 0 radical (unpaired) electrons. The van der Waals surface area contributed by atoms with Crippen molar-refractivity contribution >= 4 is 21.4 Å². The van der Waals surface area contributed by atoms with Gasteiger partial charge in [0.1, 0.15) is 5.01 Å². The fourth-order valence-electron chi connectivity index (χ4n) is 2.53. The summed E-state index contributed by atoms with van der Waals surface area (Å²) in [4.78, 5) is 5.82. The third kappa shape index (κ3) is 3.98. The van der Waals surface area contributed by atoms with E-state index in [2.05, 4.69) is 9.71 Å². The number of hydrogen-bond acceptors (Lipinski definition) is 4. The SMILES string of the molecule is Cc1ccc(C)c(S(=O)(=O)NCc2sc(-c3ccccc3)nc2C)c1. The molecule has 0 aliphatic rings. The molecule has 4 nitrogen and oxygen atoms in total. The van der Waals surface area contributed by atoms with E-state index in [0.29, 0.717) is 4.90 Å². The molecule has 1 aromatic heterocycles. The summed E-state index contributed by atoms with van der Waals surface area (Å²) < 4.78 is 28.0. The lowest BCUT2D eigenvalue weighted by Crippen LogP contribution is -2.24. The number of thiazole rings is 1. The van der Waals surface area contributed by atoms with E-state index in [1.807, 2.05) is 56.3 Å². The molecule has 0 aliphatic carbocycles. The molecule has 3 aromatic rings. The molecular weight excluding hydrogens is 352 g/mol. The number of rotatable bonds is 5. The molecule has 0 unspecified atom stereocenters. The van der Waals surface area contributed by atoms with Crippen LogP contribution in [-0.4, -0.2) is 13.4 Å². The molecule has 0 spiro atoms. The van der Waals surface area contributed by atoms with E-state index in [1.54, 1.807) is 13.0 Å². The number of nitrogens with one attached hydrogen (secondary N) is 1. The predicted molar refractivity (Wildman–Crippen MR) is 102 cm³/mol. The third-order valence-electron chi connectivity index (χ3n) is 3.97. The van der Waals surface area contributed by atoms with Gasteiger partial charge < -0.3 is 0 Å². The van der Waals surface area contributed by atoms with Crippen molar-refractivity contribution in [3.8, 4) is 10.6 Å². The molecule has 0 aliphatic heterocycles. The fourth-order valence-corrected chi connectivity index (χ4v) is 4.95. The summed E-state index contributed by atoms with van der Waals surface area (Å²) in [5, 5.41) is 0.902. The maximum absolute atomic E-state index is 12.6. The normalized spacial score (nSPS) is 11.6. The number of aromatic nitrogens is 1. The molecule has 130 valence electrons. The molecule has 0 bridgehead atoms. The zero-order valence-corrected chi connectivity index (χ0v) is 16.0. The van der Waals surface area contributed by atoms with E-state index < -0.39 is 10.0 Å². The van der Waals surface area contributed by atoms with E-state index in [1.165, 1.54) is 11.3 Å². The van der Waals surface area contributed by atoms with Crippen molar-refractivity contribution < 1.29 is 8.42 Å². The smallest absolute Gasteiger partial charge is 0.241 e. The van der Waals surface area contributed by atoms with Crippen molar-refractivity contribution in [1.82, 2.24) is 9.71 Å². The van der Waals surface area contributed by atoms with Crippen molar-refractivity contribution in [3.63, 3.8) is 0 Å². The van der Waals surface area contributed by atoms with Gasteiger partial charge in [-0.05, 0) is 38.0 Å². The number of hydrogen-bond donors (Lipinski definition) is 1. The van der Waals surface area contributed by atoms with Gasteiger partial charge in [-0.1, -0.05) is 42.5 Å². The summed E-state index contributed by atoms with van der Waals surface area (Å²) in [6.07, 6.45) is 0. The number of aryl methyl sites for hydroxylation is 3. The minimum atomic E-state index is -3.55. The molecule has 6 heteroatoms. The van der Waals surface area contributed by atoms with E-state index in [9.17, 15) is 8.42 Å². The van der Waals surface area contributed by atoms with Crippen LogP contribution in [0.5, 0.6) is 0 Å². The number of benzene rings is 2. The highest BCUT2D eigenvalue weighted by atomic mass is 32.2. The van der Waals surface area contributed by atoms with Crippen LogP contribution in [0, 0.1) is 20.8 Å². The average molecular weight is 373 g/mol. The van der Waals surface area contributed by atoms with Gasteiger partial charge in [-0.2, -0.15) is 0 Å². The molecule has 3 rings (SSSR count). The van der Waals surface area contributed by atoms with Gasteiger partial charge in [0.25, 0.3) is 0 Å². The second-order valence-corrected chi connectivity index (χ2v) is 8.81. The summed E-state index contributed by atoms with van der Waals surface area (Å²) in [5.41, 5.74) is 3.56. The Balaban J connectivity index is 1.82. The van der Waals surface area contributed by atoms with Gasteiger partial charge in [0.05, 0.1) is 10.6 Å². The van der Waals surface area contributed by atoms with Crippen LogP contribution in [0.1, 0.15) is 21.7 Å². The van der Waals surface area contributed by atoms with Crippen molar-refractivity contribution in [2.45, 2.75) is 32.2 Å². The maximum Gasteiger partial charge on any atom is 0.241 e. The first-order valence-corrected chi connectivity index (χ1v) is 10.3. The van der Waals surface area contributed by atoms with Crippen molar-refractivity contribution in [2.75, 3.05) is 0 Å². The molecule has 25 heavy (non-hydrogen) atoms. The lowest BCUT2D eigenvalue weighted by Gasteiger charge is -2.09. The van der Waals surface area contributed by atoms with Crippen LogP contribution in [0.3, 0.4) is 0 Å². The Bertz CT molecular complexity index is 994. The second kappa shape index (κ2) is 7.07. The highest BCUT2D eigenvalue weighted by molar-refractivity contribution is 7.89. The quantitative estimate of drug-likeness (QED) is 0.730. The minimum Gasteiger partial charge on any atom is -0.241 e. The summed E-state index contributed by atoms with van der Waals surface area (Å²) >= 11 is 1.52. The van der Waals surface area contributed by atoms with Crippen molar-refractivity contribution in [2.24, 2.45) is 0 Å². The Kier molecular flexibility index (Phi) is 5.03. The minimum absolute atomic E-state index is 0.242. The standard InChI is InChI=1S/C19H20N2O2S2/c1-13-9-10-14(2)18(11-13)25(22,23)20-12-17-15(3)21-19(24-17)16-7-5-4-6-8-16/h4-11,20H,12H2,1-3H3. The monoisotopic (exact) mass is 372 g/mol. The first kappa shape index (κ1) is 17.8. The zero-order chi connectivity index (χ0) is 18.0. The molecule has 0 saturated carbocycles. The molecule has 0 fully saturated rings. The summed E-state index contributed by atoms with van der Waals surface area (Å²) in [7, 11) is -3.55. The van der Waals surface area contributed by atoms with E-state index >= 15 is 0 Å². The molecule has 0 atom stereocenters. The van der Waals surface area contributed by atoms with Crippen molar-refractivity contribution in [3.05, 3.63) is 70.2 Å². The third-order valence-corrected chi connectivity index (χ3v) is 6.72. The van der Waals surface area contributed by atoms with Gasteiger partial charge in [-0.25, -0.2) is 18.1 Å². The van der Waals surface area contributed by atoms with Crippen LogP contribution in [0.15, 0.2) is 53.4 Å². The number of sulfonamides is 1. The maximum atomic E-state index is 12.6. The van der Waals surface area contributed by atoms with Crippen LogP contribution in [0.4, 0.5) is 0 Å². The lowest BCUT2D eigenvalue weighted by molar-refractivity contribution is 0.581. The average Bonchev–Trinajstić information content (AvgIpc) is 2.97. The fraction of sp³-hybridized carbons (Fsp3) is 0.211. The van der Waals surface area contributed by atoms with Gasteiger partial charge in [-0.3, -0.25) is 0 Å². The summed E-state index contributed by atoms with van der Waals surface area (Å²) in [6.45, 7) is 5.84. The van der Waals surface area contributed by atoms with Crippen LogP contribution >= 0.6 is 11.3 Å². The predicted octanol–water partition coefficient (Wildman–Crippen LogP) is 4.21. The molecule has 0 saturated heterocycles. The Morgan fingerprint density at radius 2 is 1.76 bits per heavy atom. The van der Waals surface area contributed by atoms with E-state index in [4.69, 9.17) is 0 Å². The van der Waals surface area contributed by atoms with Gasteiger partial charge in [0.15, 0.2) is 0 Å². The first-order valence-electron chi connectivity index (χ1n) is 7.95. The Morgan fingerprint density at radius 3 is 2.48 bits per heavy atom. The molecule has 0 amide bonds. The van der Waals surface area contributed by atoms with Gasteiger partial charge >= 0.3 is 0 Å².